The Kier molecular flexibility index (Phi) is 3.27. The molecule has 0 aliphatic carbocycles. The van der Waals surface area contributed by atoms with E-state index in [1.54, 1.807) is 0 Å². The highest BCUT2D eigenvalue weighted by Gasteiger charge is 2.10. The number of thioether (sulfide) groups is 1. The molecular formula is C11H15NS. The molecule has 1 aliphatic rings. The lowest BCUT2D eigenvalue weighted by atomic mass is 10.4. The topological polar surface area (TPSA) is 3.24 Å². The van der Waals surface area contributed by atoms with Crippen LogP contribution in [0.3, 0.4) is 0 Å². The van der Waals surface area contributed by atoms with Gasteiger partial charge in [-0.25, -0.2) is 0 Å². The van der Waals surface area contributed by atoms with Crippen molar-refractivity contribution >= 4 is 11.8 Å². The molecule has 1 nitrogen and oxygen atoms in total. The maximum Gasteiger partial charge on any atom is 0.0491 e. The largest absolute Gasteiger partial charge is 0.294 e. The number of benzene rings is 1. The molecular weight excluding hydrogens is 178 g/mol. The van der Waals surface area contributed by atoms with E-state index in [0.717, 1.165) is 5.88 Å². The van der Waals surface area contributed by atoms with Crippen molar-refractivity contribution in [1.82, 2.24) is 4.90 Å². The Bertz CT molecular complexity index is 242. The van der Waals surface area contributed by atoms with Gasteiger partial charge in [0.15, 0.2) is 0 Å². The van der Waals surface area contributed by atoms with Gasteiger partial charge < -0.3 is 0 Å². The van der Waals surface area contributed by atoms with Crippen LogP contribution in [0.25, 0.3) is 0 Å². The number of nitrogens with zero attached hydrogens (tertiary/aromatic N) is 1. The second kappa shape index (κ2) is 4.68. The molecule has 1 saturated heterocycles. The number of rotatable bonds is 3. The molecule has 1 aliphatic heterocycles. The first-order chi connectivity index (χ1) is 6.45. The van der Waals surface area contributed by atoms with Crippen LogP contribution < -0.4 is 0 Å². The Labute approximate surface area is 84.1 Å². The molecule has 0 unspecified atom stereocenters. The predicted octanol–water partition coefficient (Wildman–Crippen LogP) is 2.83. The minimum atomic E-state index is 1.16. The van der Waals surface area contributed by atoms with Crippen molar-refractivity contribution in [2.75, 3.05) is 19.0 Å². The summed E-state index contributed by atoms with van der Waals surface area (Å²) < 4.78 is 0. The van der Waals surface area contributed by atoms with Crippen LogP contribution in [0.1, 0.15) is 12.8 Å². The SMILES string of the molecule is c1ccc(SCN2CCCC2)cc1. The third-order valence-electron chi connectivity index (χ3n) is 2.36. The normalized spacial score (nSPS) is 17.8. The molecule has 0 spiro atoms. The van der Waals surface area contributed by atoms with Gasteiger partial charge in [0, 0.05) is 10.8 Å². The van der Waals surface area contributed by atoms with Crippen LogP contribution in [0.15, 0.2) is 35.2 Å². The van der Waals surface area contributed by atoms with Crippen LogP contribution in [0, 0.1) is 0 Å². The van der Waals surface area contributed by atoms with Gasteiger partial charge in [-0.3, -0.25) is 4.90 Å². The van der Waals surface area contributed by atoms with Crippen molar-refractivity contribution in [2.24, 2.45) is 0 Å². The maximum absolute atomic E-state index is 2.53. The van der Waals surface area contributed by atoms with E-state index >= 15 is 0 Å². The third-order valence-corrected chi connectivity index (χ3v) is 3.46. The summed E-state index contributed by atoms with van der Waals surface area (Å²) in [5.74, 6) is 1.16. The minimum absolute atomic E-state index is 1.16. The molecule has 1 aromatic rings. The fourth-order valence-electron chi connectivity index (χ4n) is 1.59. The molecule has 1 aromatic carbocycles. The molecule has 0 bridgehead atoms. The first-order valence-electron chi connectivity index (χ1n) is 4.85. The molecule has 0 aromatic heterocycles. The Hall–Kier alpha value is -0.470. The highest BCUT2D eigenvalue weighted by Crippen LogP contribution is 2.20. The zero-order chi connectivity index (χ0) is 8.93. The molecule has 1 fully saturated rings. The molecule has 13 heavy (non-hydrogen) atoms. The van der Waals surface area contributed by atoms with Crippen molar-refractivity contribution in [2.45, 2.75) is 17.7 Å². The molecule has 2 heteroatoms. The Morgan fingerprint density at radius 2 is 1.77 bits per heavy atom. The van der Waals surface area contributed by atoms with Gasteiger partial charge in [0.1, 0.15) is 0 Å². The second-order valence-corrected chi connectivity index (χ2v) is 4.43. The molecule has 0 atom stereocenters. The van der Waals surface area contributed by atoms with E-state index in [4.69, 9.17) is 0 Å². The van der Waals surface area contributed by atoms with Gasteiger partial charge in [-0.05, 0) is 38.1 Å². The molecule has 70 valence electrons. The van der Waals surface area contributed by atoms with E-state index in [-0.39, 0.29) is 0 Å². The van der Waals surface area contributed by atoms with Gasteiger partial charge >= 0.3 is 0 Å². The van der Waals surface area contributed by atoms with Crippen molar-refractivity contribution < 1.29 is 0 Å². The monoisotopic (exact) mass is 193 g/mol. The van der Waals surface area contributed by atoms with E-state index in [1.807, 2.05) is 11.8 Å². The van der Waals surface area contributed by atoms with Gasteiger partial charge in [-0.1, -0.05) is 18.2 Å². The van der Waals surface area contributed by atoms with E-state index in [2.05, 4.69) is 35.2 Å². The van der Waals surface area contributed by atoms with E-state index in [0.29, 0.717) is 0 Å². The Morgan fingerprint density at radius 1 is 1.08 bits per heavy atom. The fourth-order valence-corrected chi connectivity index (χ4v) is 2.53. The fraction of sp³-hybridized carbons (Fsp3) is 0.455. The molecule has 2 rings (SSSR count). The van der Waals surface area contributed by atoms with Crippen LogP contribution >= 0.6 is 11.8 Å². The average molecular weight is 193 g/mol. The van der Waals surface area contributed by atoms with E-state index < -0.39 is 0 Å². The average Bonchev–Trinajstić information content (AvgIpc) is 2.69. The van der Waals surface area contributed by atoms with E-state index in [9.17, 15) is 0 Å². The summed E-state index contributed by atoms with van der Waals surface area (Å²) in [4.78, 5) is 3.91. The number of likely N-dealkylation sites (tertiary alicyclic amines) is 1. The van der Waals surface area contributed by atoms with Crippen molar-refractivity contribution in [1.29, 1.82) is 0 Å². The third kappa shape index (κ3) is 2.75. The van der Waals surface area contributed by atoms with Gasteiger partial charge in [0.2, 0.25) is 0 Å². The standard InChI is InChI=1S/C11H15NS/c1-2-6-11(7-3-1)13-10-12-8-4-5-9-12/h1-3,6-7H,4-5,8-10H2. The smallest absolute Gasteiger partial charge is 0.0491 e. The Morgan fingerprint density at radius 3 is 2.46 bits per heavy atom. The van der Waals surface area contributed by atoms with Crippen molar-refractivity contribution in [3.05, 3.63) is 30.3 Å². The van der Waals surface area contributed by atoms with Crippen LogP contribution in [0.5, 0.6) is 0 Å². The lowest BCUT2D eigenvalue weighted by Crippen LogP contribution is -2.17. The summed E-state index contributed by atoms with van der Waals surface area (Å²) in [7, 11) is 0. The minimum Gasteiger partial charge on any atom is -0.294 e. The summed E-state index contributed by atoms with van der Waals surface area (Å²) in [5.41, 5.74) is 0. The van der Waals surface area contributed by atoms with Gasteiger partial charge in [-0.15, -0.1) is 11.8 Å². The summed E-state index contributed by atoms with van der Waals surface area (Å²) in [6.45, 7) is 2.58. The van der Waals surface area contributed by atoms with Crippen molar-refractivity contribution in [3.8, 4) is 0 Å². The number of hydrogen-bond acceptors (Lipinski definition) is 2. The van der Waals surface area contributed by atoms with Gasteiger partial charge in [0.25, 0.3) is 0 Å². The van der Waals surface area contributed by atoms with Crippen molar-refractivity contribution in [3.63, 3.8) is 0 Å². The molecule has 0 saturated carbocycles. The lowest BCUT2D eigenvalue weighted by Gasteiger charge is -2.13. The maximum atomic E-state index is 2.53. The quantitative estimate of drug-likeness (QED) is 0.679. The van der Waals surface area contributed by atoms with Crippen LogP contribution in [-0.2, 0) is 0 Å². The van der Waals surface area contributed by atoms with Crippen LogP contribution in [0.4, 0.5) is 0 Å². The van der Waals surface area contributed by atoms with Gasteiger partial charge in [0.05, 0.1) is 0 Å². The molecule has 1 heterocycles. The summed E-state index contributed by atoms with van der Waals surface area (Å²) in [5, 5.41) is 0. The molecule has 0 radical (unpaired) electrons. The molecule has 0 N–H and O–H groups in total. The first kappa shape index (κ1) is 9.10. The predicted molar refractivity (Wildman–Crippen MR) is 58.0 cm³/mol. The highest BCUT2D eigenvalue weighted by molar-refractivity contribution is 7.99. The summed E-state index contributed by atoms with van der Waals surface area (Å²) in [6.07, 6.45) is 2.77. The summed E-state index contributed by atoms with van der Waals surface area (Å²) in [6, 6.07) is 10.6. The second-order valence-electron chi connectivity index (χ2n) is 3.41. The zero-order valence-electron chi connectivity index (χ0n) is 7.78. The van der Waals surface area contributed by atoms with Crippen LogP contribution in [-0.4, -0.2) is 23.9 Å². The first-order valence-corrected chi connectivity index (χ1v) is 5.84. The summed E-state index contributed by atoms with van der Waals surface area (Å²) >= 11 is 1.94. The lowest BCUT2D eigenvalue weighted by molar-refractivity contribution is 0.401. The van der Waals surface area contributed by atoms with Gasteiger partial charge in [-0.2, -0.15) is 0 Å². The van der Waals surface area contributed by atoms with E-state index in [1.165, 1.54) is 30.8 Å². The Balaban J connectivity index is 1.79. The zero-order valence-corrected chi connectivity index (χ0v) is 8.59. The highest BCUT2D eigenvalue weighted by atomic mass is 32.2. The number of hydrogen-bond donors (Lipinski definition) is 0. The van der Waals surface area contributed by atoms with Crippen LogP contribution in [0.2, 0.25) is 0 Å². The molecule has 0 amide bonds.